The van der Waals surface area contributed by atoms with E-state index in [-0.39, 0.29) is 0 Å². The normalized spacial score (nSPS) is 17.2. The first-order valence-electron chi connectivity index (χ1n) is 8.28. The highest BCUT2D eigenvalue weighted by molar-refractivity contribution is 5.24. The largest absolute Gasteiger partial charge is 0.416 e. The Morgan fingerprint density at radius 2 is 1.48 bits per heavy atom. The Labute approximate surface area is 145 Å². The standard InChI is InChI=1S/C17H22F3N5/c1-13-21-22-16(23(13)2)12-25-9-7-24(8-10-25)11-14-3-5-15(6-4-14)17(18,19)20/h3-6H,7-12H2,1-2H3. The number of benzene rings is 1. The predicted octanol–water partition coefficient (Wildman–Crippen LogP) is 2.46. The van der Waals surface area contributed by atoms with E-state index in [1.165, 1.54) is 0 Å². The molecule has 0 unspecified atom stereocenters. The third-order valence-corrected chi connectivity index (χ3v) is 4.70. The van der Waals surface area contributed by atoms with Gasteiger partial charge in [-0.15, -0.1) is 10.2 Å². The second kappa shape index (κ2) is 7.13. The molecule has 3 rings (SSSR count). The Bertz CT molecular complexity index is 700. The Morgan fingerprint density at radius 3 is 1.96 bits per heavy atom. The van der Waals surface area contributed by atoms with Gasteiger partial charge in [0.2, 0.25) is 0 Å². The quantitative estimate of drug-likeness (QED) is 0.846. The zero-order valence-corrected chi connectivity index (χ0v) is 14.4. The summed E-state index contributed by atoms with van der Waals surface area (Å²) in [6, 6.07) is 5.44. The second-order valence-corrected chi connectivity index (χ2v) is 6.47. The fraction of sp³-hybridized carbons (Fsp3) is 0.529. The molecule has 2 aromatic rings. The molecule has 2 heterocycles. The lowest BCUT2D eigenvalue weighted by molar-refractivity contribution is -0.137. The maximum Gasteiger partial charge on any atom is 0.416 e. The van der Waals surface area contributed by atoms with E-state index < -0.39 is 11.7 Å². The zero-order chi connectivity index (χ0) is 18.0. The molecule has 5 nitrogen and oxygen atoms in total. The Hall–Kier alpha value is -1.93. The van der Waals surface area contributed by atoms with E-state index in [9.17, 15) is 13.2 Å². The first kappa shape index (κ1) is 17.9. The van der Waals surface area contributed by atoms with Crippen molar-refractivity contribution in [1.82, 2.24) is 24.6 Å². The number of halogens is 3. The van der Waals surface area contributed by atoms with Crippen LogP contribution in [0.1, 0.15) is 22.8 Å². The molecular weight excluding hydrogens is 331 g/mol. The van der Waals surface area contributed by atoms with Crippen molar-refractivity contribution < 1.29 is 13.2 Å². The summed E-state index contributed by atoms with van der Waals surface area (Å²) in [5.74, 6) is 1.85. The van der Waals surface area contributed by atoms with Crippen LogP contribution in [-0.4, -0.2) is 50.7 Å². The van der Waals surface area contributed by atoms with Crippen LogP contribution >= 0.6 is 0 Å². The van der Waals surface area contributed by atoms with E-state index in [0.717, 1.165) is 62.1 Å². The average molecular weight is 353 g/mol. The molecule has 0 N–H and O–H groups in total. The number of piperazine rings is 1. The van der Waals surface area contributed by atoms with Crippen molar-refractivity contribution in [1.29, 1.82) is 0 Å². The van der Waals surface area contributed by atoms with Crippen LogP contribution in [0.4, 0.5) is 13.2 Å². The lowest BCUT2D eigenvalue weighted by atomic mass is 10.1. The number of nitrogens with zero attached hydrogens (tertiary/aromatic N) is 5. The molecular formula is C17H22F3N5. The monoisotopic (exact) mass is 353 g/mol. The number of hydrogen-bond donors (Lipinski definition) is 0. The van der Waals surface area contributed by atoms with Gasteiger partial charge in [-0.05, 0) is 24.6 Å². The molecule has 0 bridgehead atoms. The summed E-state index contributed by atoms with van der Waals surface area (Å²) in [5, 5.41) is 8.26. The van der Waals surface area contributed by atoms with Gasteiger partial charge in [-0.3, -0.25) is 9.80 Å². The van der Waals surface area contributed by atoms with E-state index in [2.05, 4.69) is 20.0 Å². The molecule has 1 aliphatic rings. The molecule has 0 aliphatic carbocycles. The lowest BCUT2D eigenvalue weighted by Gasteiger charge is -2.34. The summed E-state index contributed by atoms with van der Waals surface area (Å²) in [7, 11) is 1.96. The van der Waals surface area contributed by atoms with Crippen LogP contribution in [-0.2, 0) is 26.3 Å². The highest BCUT2D eigenvalue weighted by Gasteiger charge is 2.30. The van der Waals surface area contributed by atoms with Crippen LogP contribution in [0.25, 0.3) is 0 Å². The average Bonchev–Trinajstić information content (AvgIpc) is 2.88. The molecule has 1 aliphatic heterocycles. The van der Waals surface area contributed by atoms with E-state index >= 15 is 0 Å². The lowest BCUT2D eigenvalue weighted by Crippen LogP contribution is -2.45. The van der Waals surface area contributed by atoms with Gasteiger partial charge in [0.25, 0.3) is 0 Å². The van der Waals surface area contributed by atoms with E-state index in [4.69, 9.17) is 0 Å². The highest BCUT2D eigenvalue weighted by Crippen LogP contribution is 2.29. The molecule has 0 radical (unpaired) electrons. The van der Waals surface area contributed by atoms with Gasteiger partial charge in [0.15, 0.2) is 0 Å². The van der Waals surface area contributed by atoms with Gasteiger partial charge in [-0.2, -0.15) is 13.2 Å². The molecule has 1 aromatic heterocycles. The van der Waals surface area contributed by atoms with Crippen molar-refractivity contribution in [3.8, 4) is 0 Å². The van der Waals surface area contributed by atoms with Gasteiger partial charge in [-0.1, -0.05) is 12.1 Å². The van der Waals surface area contributed by atoms with Gasteiger partial charge in [0.05, 0.1) is 12.1 Å². The van der Waals surface area contributed by atoms with Crippen molar-refractivity contribution in [3.63, 3.8) is 0 Å². The number of aryl methyl sites for hydroxylation is 1. The molecule has 0 atom stereocenters. The van der Waals surface area contributed by atoms with Crippen LogP contribution in [0.5, 0.6) is 0 Å². The Kier molecular flexibility index (Phi) is 5.10. The number of hydrogen-bond acceptors (Lipinski definition) is 4. The van der Waals surface area contributed by atoms with Crippen molar-refractivity contribution in [2.45, 2.75) is 26.2 Å². The molecule has 0 spiro atoms. The minimum Gasteiger partial charge on any atom is -0.317 e. The maximum absolute atomic E-state index is 12.6. The van der Waals surface area contributed by atoms with Crippen molar-refractivity contribution >= 4 is 0 Å². The summed E-state index contributed by atoms with van der Waals surface area (Å²) < 4.78 is 39.8. The third kappa shape index (κ3) is 4.38. The van der Waals surface area contributed by atoms with Gasteiger partial charge in [-0.25, -0.2) is 0 Å². The second-order valence-electron chi connectivity index (χ2n) is 6.47. The summed E-state index contributed by atoms with van der Waals surface area (Å²) >= 11 is 0. The molecule has 136 valence electrons. The number of aromatic nitrogens is 3. The SMILES string of the molecule is Cc1nnc(CN2CCN(Cc3ccc(C(F)(F)F)cc3)CC2)n1C. The van der Waals surface area contributed by atoms with Gasteiger partial charge < -0.3 is 4.57 Å². The summed E-state index contributed by atoms with van der Waals surface area (Å²) in [6.07, 6.45) is -4.28. The first-order valence-corrected chi connectivity index (χ1v) is 8.28. The summed E-state index contributed by atoms with van der Waals surface area (Å²) in [5.41, 5.74) is 0.311. The van der Waals surface area contributed by atoms with Crippen LogP contribution in [0.2, 0.25) is 0 Å². The summed E-state index contributed by atoms with van der Waals surface area (Å²) in [4.78, 5) is 4.59. The fourth-order valence-corrected chi connectivity index (χ4v) is 2.95. The number of alkyl halides is 3. The van der Waals surface area contributed by atoms with Gasteiger partial charge >= 0.3 is 6.18 Å². The van der Waals surface area contributed by atoms with Gasteiger partial charge in [0, 0.05) is 39.8 Å². The molecule has 0 saturated carbocycles. The minimum atomic E-state index is -4.28. The zero-order valence-electron chi connectivity index (χ0n) is 14.4. The van der Waals surface area contributed by atoms with E-state index in [0.29, 0.717) is 6.54 Å². The fourth-order valence-electron chi connectivity index (χ4n) is 2.95. The van der Waals surface area contributed by atoms with Gasteiger partial charge in [0.1, 0.15) is 11.6 Å². The highest BCUT2D eigenvalue weighted by atomic mass is 19.4. The van der Waals surface area contributed by atoms with Crippen molar-refractivity contribution in [2.75, 3.05) is 26.2 Å². The smallest absolute Gasteiger partial charge is 0.317 e. The van der Waals surface area contributed by atoms with E-state index in [1.54, 1.807) is 12.1 Å². The van der Waals surface area contributed by atoms with Crippen LogP contribution in [0.15, 0.2) is 24.3 Å². The van der Waals surface area contributed by atoms with E-state index in [1.807, 2.05) is 18.5 Å². The van der Waals surface area contributed by atoms with Crippen LogP contribution in [0, 0.1) is 6.92 Å². The molecule has 0 amide bonds. The molecule has 25 heavy (non-hydrogen) atoms. The maximum atomic E-state index is 12.6. The molecule has 1 fully saturated rings. The first-order chi connectivity index (χ1) is 11.8. The van der Waals surface area contributed by atoms with Crippen LogP contribution in [0.3, 0.4) is 0 Å². The molecule has 1 saturated heterocycles. The Balaban J connectivity index is 1.50. The van der Waals surface area contributed by atoms with Crippen LogP contribution < -0.4 is 0 Å². The molecule has 1 aromatic carbocycles. The minimum absolute atomic E-state index is 0.597. The predicted molar refractivity (Wildman–Crippen MR) is 87.7 cm³/mol. The van der Waals surface area contributed by atoms with Crippen molar-refractivity contribution in [3.05, 3.63) is 47.0 Å². The Morgan fingerprint density at radius 1 is 0.920 bits per heavy atom. The third-order valence-electron chi connectivity index (χ3n) is 4.70. The summed E-state index contributed by atoms with van der Waals surface area (Å²) in [6.45, 7) is 6.97. The van der Waals surface area contributed by atoms with Crippen molar-refractivity contribution in [2.24, 2.45) is 7.05 Å². The number of rotatable bonds is 4. The molecule has 8 heteroatoms. The topological polar surface area (TPSA) is 37.2 Å².